The summed E-state index contributed by atoms with van der Waals surface area (Å²) in [6.07, 6.45) is -4.22. The number of hydrogen-bond donors (Lipinski definition) is 0. The lowest BCUT2D eigenvalue weighted by Crippen LogP contribution is -2.46. The Bertz CT molecular complexity index is 685. The minimum absolute atomic E-state index is 0.138. The van der Waals surface area contributed by atoms with Gasteiger partial charge in [0.25, 0.3) is 0 Å². The smallest absolute Gasteiger partial charge is 0.376 e. The van der Waals surface area contributed by atoms with E-state index in [0.29, 0.717) is 24.6 Å². The normalized spacial score (nSPS) is 22.7. The molecule has 1 aromatic carbocycles. The molecule has 1 saturated heterocycles. The van der Waals surface area contributed by atoms with Gasteiger partial charge < -0.3 is 9.26 Å². The van der Waals surface area contributed by atoms with Crippen molar-refractivity contribution in [3.63, 3.8) is 0 Å². The molecule has 0 radical (unpaired) electrons. The molecule has 1 aromatic heterocycles. The van der Waals surface area contributed by atoms with Gasteiger partial charge in [0.15, 0.2) is 0 Å². The molecular weight excluding hydrogens is 323 g/mol. The van der Waals surface area contributed by atoms with Gasteiger partial charge in [-0.15, -0.1) is 0 Å². The zero-order valence-corrected chi connectivity index (χ0v) is 13.4. The monoisotopic (exact) mass is 341 g/mol. The van der Waals surface area contributed by atoms with Gasteiger partial charge in [-0.05, 0) is 26.0 Å². The van der Waals surface area contributed by atoms with E-state index < -0.39 is 11.7 Å². The number of alkyl halides is 3. The van der Waals surface area contributed by atoms with Crippen LogP contribution in [0.15, 0.2) is 28.8 Å². The van der Waals surface area contributed by atoms with Crippen LogP contribution in [0.5, 0.6) is 0 Å². The highest BCUT2D eigenvalue weighted by atomic mass is 19.4. The first-order chi connectivity index (χ1) is 11.3. The predicted molar refractivity (Wildman–Crippen MR) is 80.0 cm³/mol. The van der Waals surface area contributed by atoms with Gasteiger partial charge in [0.2, 0.25) is 11.7 Å². The zero-order chi connectivity index (χ0) is 17.3. The molecule has 2 atom stereocenters. The molecule has 1 aliphatic heterocycles. The predicted octanol–water partition coefficient (Wildman–Crippen LogP) is 3.36. The molecule has 0 spiro atoms. The average molecular weight is 341 g/mol. The number of ether oxygens (including phenoxy) is 1. The third-order valence-corrected chi connectivity index (χ3v) is 4.01. The van der Waals surface area contributed by atoms with E-state index >= 15 is 0 Å². The van der Waals surface area contributed by atoms with Crippen molar-refractivity contribution in [2.45, 2.75) is 38.7 Å². The van der Waals surface area contributed by atoms with Gasteiger partial charge >= 0.3 is 6.18 Å². The van der Waals surface area contributed by atoms with Gasteiger partial charge in [0, 0.05) is 18.2 Å². The second-order valence-corrected chi connectivity index (χ2v) is 6.01. The number of aromatic nitrogens is 2. The molecule has 0 amide bonds. The van der Waals surface area contributed by atoms with E-state index in [-0.39, 0.29) is 18.0 Å². The molecule has 24 heavy (non-hydrogen) atoms. The SMILES string of the molecule is CC1CN(Cc2nc(-c3ccc(C(F)(F)F)cc3)no2)C(C)CO1. The second-order valence-electron chi connectivity index (χ2n) is 6.01. The molecule has 2 aromatic rings. The van der Waals surface area contributed by atoms with Crippen LogP contribution in [0.3, 0.4) is 0 Å². The molecule has 0 saturated carbocycles. The van der Waals surface area contributed by atoms with Crippen LogP contribution in [-0.4, -0.2) is 40.3 Å². The minimum Gasteiger partial charge on any atom is -0.376 e. The molecule has 2 unspecified atom stereocenters. The van der Waals surface area contributed by atoms with E-state index in [1.165, 1.54) is 12.1 Å². The lowest BCUT2D eigenvalue weighted by molar-refractivity contribution is -0.137. The minimum atomic E-state index is -4.36. The Morgan fingerprint density at radius 3 is 2.58 bits per heavy atom. The van der Waals surface area contributed by atoms with Crippen LogP contribution in [0.2, 0.25) is 0 Å². The van der Waals surface area contributed by atoms with E-state index in [4.69, 9.17) is 9.26 Å². The van der Waals surface area contributed by atoms with Gasteiger partial charge in [-0.1, -0.05) is 17.3 Å². The van der Waals surface area contributed by atoms with Crippen LogP contribution in [0.25, 0.3) is 11.4 Å². The van der Waals surface area contributed by atoms with Crippen molar-refractivity contribution in [3.05, 3.63) is 35.7 Å². The largest absolute Gasteiger partial charge is 0.416 e. The summed E-state index contributed by atoms with van der Waals surface area (Å²) in [5.41, 5.74) is -0.215. The maximum atomic E-state index is 12.6. The number of nitrogens with zero attached hydrogens (tertiary/aromatic N) is 3. The summed E-state index contributed by atoms with van der Waals surface area (Å²) < 4.78 is 48.6. The molecule has 1 aliphatic rings. The summed E-state index contributed by atoms with van der Waals surface area (Å²) in [6.45, 7) is 5.95. The third-order valence-electron chi connectivity index (χ3n) is 4.01. The molecule has 0 aliphatic carbocycles. The Kier molecular flexibility index (Phi) is 4.60. The fraction of sp³-hybridized carbons (Fsp3) is 0.500. The van der Waals surface area contributed by atoms with Crippen molar-refractivity contribution in [2.24, 2.45) is 0 Å². The fourth-order valence-corrected chi connectivity index (χ4v) is 2.61. The quantitative estimate of drug-likeness (QED) is 0.857. The van der Waals surface area contributed by atoms with Gasteiger partial charge in [-0.2, -0.15) is 18.2 Å². The van der Waals surface area contributed by atoms with Gasteiger partial charge in [-0.3, -0.25) is 4.90 Å². The van der Waals surface area contributed by atoms with Crippen LogP contribution in [-0.2, 0) is 17.5 Å². The van der Waals surface area contributed by atoms with Crippen molar-refractivity contribution < 1.29 is 22.4 Å². The number of rotatable bonds is 3. The Morgan fingerprint density at radius 1 is 1.21 bits per heavy atom. The van der Waals surface area contributed by atoms with Crippen molar-refractivity contribution in [2.75, 3.05) is 13.2 Å². The van der Waals surface area contributed by atoms with E-state index in [9.17, 15) is 13.2 Å². The van der Waals surface area contributed by atoms with Crippen molar-refractivity contribution in [1.82, 2.24) is 15.0 Å². The zero-order valence-electron chi connectivity index (χ0n) is 13.4. The Morgan fingerprint density at radius 2 is 1.92 bits per heavy atom. The molecule has 1 fully saturated rings. The summed E-state index contributed by atoms with van der Waals surface area (Å²) in [5, 5.41) is 3.86. The first-order valence-electron chi connectivity index (χ1n) is 7.69. The topological polar surface area (TPSA) is 51.4 Å². The maximum Gasteiger partial charge on any atom is 0.416 e. The fourth-order valence-electron chi connectivity index (χ4n) is 2.61. The van der Waals surface area contributed by atoms with Crippen molar-refractivity contribution >= 4 is 0 Å². The van der Waals surface area contributed by atoms with Gasteiger partial charge in [0.1, 0.15) is 0 Å². The van der Waals surface area contributed by atoms with Crippen LogP contribution in [0, 0.1) is 0 Å². The summed E-state index contributed by atoms with van der Waals surface area (Å²) in [6, 6.07) is 4.95. The number of morpholine rings is 1. The summed E-state index contributed by atoms with van der Waals surface area (Å²) >= 11 is 0. The van der Waals surface area contributed by atoms with Gasteiger partial charge in [0.05, 0.1) is 24.8 Å². The molecule has 3 rings (SSSR count). The van der Waals surface area contributed by atoms with Crippen molar-refractivity contribution in [3.8, 4) is 11.4 Å². The molecule has 130 valence electrons. The number of hydrogen-bond acceptors (Lipinski definition) is 5. The van der Waals surface area contributed by atoms with Crippen LogP contribution in [0.1, 0.15) is 25.3 Å². The first-order valence-corrected chi connectivity index (χ1v) is 7.69. The number of halogens is 3. The third kappa shape index (κ3) is 3.76. The van der Waals surface area contributed by atoms with E-state index in [2.05, 4.69) is 22.0 Å². The summed E-state index contributed by atoms with van der Waals surface area (Å²) in [7, 11) is 0. The van der Waals surface area contributed by atoms with E-state index in [1.54, 1.807) is 0 Å². The molecule has 0 N–H and O–H groups in total. The second kappa shape index (κ2) is 6.52. The number of benzene rings is 1. The molecule has 0 bridgehead atoms. The highest BCUT2D eigenvalue weighted by Crippen LogP contribution is 2.30. The summed E-state index contributed by atoms with van der Waals surface area (Å²) in [4.78, 5) is 6.46. The van der Waals surface area contributed by atoms with Crippen molar-refractivity contribution in [1.29, 1.82) is 0 Å². The maximum absolute atomic E-state index is 12.6. The lowest BCUT2D eigenvalue weighted by Gasteiger charge is -2.35. The first kappa shape index (κ1) is 16.9. The highest BCUT2D eigenvalue weighted by molar-refractivity contribution is 5.54. The van der Waals surface area contributed by atoms with E-state index in [0.717, 1.165) is 18.7 Å². The molecule has 2 heterocycles. The van der Waals surface area contributed by atoms with Crippen LogP contribution < -0.4 is 0 Å². The van der Waals surface area contributed by atoms with Crippen LogP contribution >= 0.6 is 0 Å². The lowest BCUT2D eigenvalue weighted by atomic mass is 10.1. The molecular formula is C16H18F3N3O2. The van der Waals surface area contributed by atoms with E-state index in [1.807, 2.05) is 6.92 Å². The average Bonchev–Trinajstić information content (AvgIpc) is 2.99. The van der Waals surface area contributed by atoms with Gasteiger partial charge in [-0.25, -0.2) is 0 Å². The summed E-state index contributed by atoms with van der Waals surface area (Å²) in [5.74, 6) is 0.721. The Labute approximate surface area is 137 Å². The Hall–Kier alpha value is -1.93. The Balaban J connectivity index is 1.71. The standard InChI is InChI=1S/C16H18F3N3O2/c1-10-9-23-11(2)7-22(10)8-14-20-15(21-24-14)12-3-5-13(6-4-12)16(17,18)19/h3-6,10-11H,7-9H2,1-2H3. The van der Waals surface area contributed by atoms with Crippen LogP contribution in [0.4, 0.5) is 13.2 Å². The highest BCUT2D eigenvalue weighted by Gasteiger charge is 2.30. The molecule has 8 heteroatoms. The molecule has 5 nitrogen and oxygen atoms in total.